The number of rotatable bonds is 2. The molecule has 4 heteroatoms. The summed E-state index contributed by atoms with van der Waals surface area (Å²) in [5, 5.41) is 1.07. The Bertz CT molecular complexity index is 981. The number of fused-ring (bicyclic) bond motifs is 1. The van der Waals surface area contributed by atoms with E-state index in [0.29, 0.717) is 5.82 Å². The molecule has 23 heavy (non-hydrogen) atoms. The SMILES string of the molecule is Nc1cnc(-c2cnc3ccccc3c2)c(-c2ccccc2)n1. The van der Waals surface area contributed by atoms with Gasteiger partial charge in [-0.25, -0.2) is 4.98 Å². The first-order valence-corrected chi connectivity index (χ1v) is 7.34. The molecule has 4 nitrogen and oxygen atoms in total. The van der Waals surface area contributed by atoms with Gasteiger partial charge in [0.05, 0.1) is 23.1 Å². The normalized spacial score (nSPS) is 10.8. The predicted octanol–water partition coefficient (Wildman–Crippen LogP) is 3.94. The van der Waals surface area contributed by atoms with Crippen LogP contribution in [-0.4, -0.2) is 15.0 Å². The lowest BCUT2D eigenvalue weighted by molar-refractivity contribution is 1.21. The van der Waals surface area contributed by atoms with Gasteiger partial charge in [0.25, 0.3) is 0 Å². The van der Waals surface area contributed by atoms with Crippen LogP contribution >= 0.6 is 0 Å². The van der Waals surface area contributed by atoms with Crippen molar-refractivity contribution < 1.29 is 0 Å². The van der Waals surface area contributed by atoms with Crippen molar-refractivity contribution in [3.63, 3.8) is 0 Å². The molecule has 4 aromatic rings. The number of pyridine rings is 1. The molecule has 0 bridgehead atoms. The van der Waals surface area contributed by atoms with E-state index in [2.05, 4.69) is 21.0 Å². The number of para-hydroxylation sites is 1. The van der Waals surface area contributed by atoms with Gasteiger partial charge < -0.3 is 5.73 Å². The number of nitrogens with two attached hydrogens (primary N) is 1. The summed E-state index contributed by atoms with van der Waals surface area (Å²) < 4.78 is 0. The number of nitrogens with zero attached hydrogens (tertiary/aromatic N) is 3. The van der Waals surface area contributed by atoms with Crippen molar-refractivity contribution in [2.24, 2.45) is 0 Å². The lowest BCUT2D eigenvalue weighted by Crippen LogP contribution is -1.98. The maximum absolute atomic E-state index is 5.84. The molecular formula is C19H14N4. The van der Waals surface area contributed by atoms with Crippen molar-refractivity contribution in [2.75, 3.05) is 5.73 Å². The second kappa shape index (κ2) is 5.50. The summed E-state index contributed by atoms with van der Waals surface area (Å²) in [7, 11) is 0. The Labute approximate surface area is 133 Å². The lowest BCUT2D eigenvalue weighted by atomic mass is 10.0. The van der Waals surface area contributed by atoms with Crippen molar-refractivity contribution in [2.45, 2.75) is 0 Å². The Kier molecular flexibility index (Phi) is 3.20. The van der Waals surface area contributed by atoms with Gasteiger partial charge in [-0.15, -0.1) is 0 Å². The number of benzene rings is 2. The van der Waals surface area contributed by atoms with Gasteiger partial charge in [-0.1, -0.05) is 48.5 Å². The minimum absolute atomic E-state index is 0.404. The summed E-state index contributed by atoms with van der Waals surface area (Å²) in [5.74, 6) is 0.404. The van der Waals surface area contributed by atoms with Gasteiger partial charge in [0.15, 0.2) is 0 Å². The first-order valence-electron chi connectivity index (χ1n) is 7.34. The second-order valence-electron chi connectivity index (χ2n) is 5.27. The molecule has 0 radical (unpaired) electrons. The molecule has 2 aromatic heterocycles. The van der Waals surface area contributed by atoms with E-state index in [-0.39, 0.29) is 0 Å². The van der Waals surface area contributed by atoms with Crippen molar-refractivity contribution in [1.29, 1.82) is 0 Å². The molecule has 0 aliphatic rings. The highest BCUT2D eigenvalue weighted by atomic mass is 14.9. The van der Waals surface area contributed by atoms with Crippen LogP contribution in [0.1, 0.15) is 0 Å². The van der Waals surface area contributed by atoms with Gasteiger partial charge in [-0.3, -0.25) is 9.97 Å². The Balaban J connectivity index is 1.94. The third-order valence-corrected chi connectivity index (χ3v) is 3.70. The molecule has 0 unspecified atom stereocenters. The summed E-state index contributed by atoms with van der Waals surface area (Å²) in [6.45, 7) is 0. The van der Waals surface area contributed by atoms with Crippen molar-refractivity contribution >= 4 is 16.7 Å². The van der Waals surface area contributed by atoms with Crippen molar-refractivity contribution in [3.8, 4) is 22.5 Å². The van der Waals surface area contributed by atoms with Crippen LogP contribution in [0, 0.1) is 0 Å². The largest absolute Gasteiger partial charge is 0.382 e. The van der Waals surface area contributed by atoms with Crippen LogP contribution in [0.3, 0.4) is 0 Å². The zero-order chi connectivity index (χ0) is 15.6. The van der Waals surface area contributed by atoms with E-state index in [1.54, 1.807) is 6.20 Å². The topological polar surface area (TPSA) is 64.7 Å². The quantitative estimate of drug-likeness (QED) is 0.608. The van der Waals surface area contributed by atoms with Crippen molar-refractivity contribution in [3.05, 3.63) is 73.1 Å². The van der Waals surface area contributed by atoms with Crippen LogP contribution < -0.4 is 5.73 Å². The summed E-state index contributed by atoms with van der Waals surface area (Å²) in [6.07, 6.45) is 3.41. The number of aromatic nitrogens is 3. The summed E-state index contributed by atoms with van der Waals surface area (Å²) in [6, 6.07) is 20.0. The minimum atomic E-state index is 0.404. The van der Waals surface area contributed by atoms with E-state index in [9.17, 15) is 0 Å². The summed E-state index contributed by atoms with van der Waals surface area (Å²) in [4.78, 5) is 13.5. The number of anilines is 1. The molecular weight excluding hydrogens is 284 g/mol. The number of hydrogen-bond acceptors (Lipinski definition) is 4. The number of nitrogen functional groups attached to an aromatic ring is 1. The van der Waals surface area contributed by atoms with Crippen LogP contribution in [0.25, 0.3) is 33.4 Å². The predicted molar refractivity (Wildman–Crippen MR) is 92.6 cm³/mol. The van der Waals surface area contributed by atoms with E-state index in [0.717, 1.165) is 33.4 Å². The van der Waals surface area contributed by atoms with Crippen LogP contribution in [0.5, 0.6) is 0 Å². The second-order valence-corrected chi connectivity index (χ2v) is 5.27. The average molecular weight is 298 g/mol. The van der Waals surface area contributed by atoms with E-state index in [1.165, 1.54) is 0 Å². The van der Waals surface area contributed by atoms with Crippen LogP contribution in [0.4, 0.5) is 5.82 Å². The molecule has 0 aliphatic heterocycles. The molecule has 2 N–H and O–H groups in total. The molecule has 2 aromatic carbocycles. The zero-order valence-electron chi connectivity index (χ0n) is 12.3. The lowest BCUT2D eigenvalue weighted by Gasteiger charge is -2.09. The Morgan fingerprint density at radius 3 is 2.35 bits per heavy atom. The highest BCUT2D eigenvalue weighted by molar-refractivity contribution is 5.86. The van der Waals surface area contributed by atoms with Gasteiger partial charge in [0.2, 0.25) is 0 Å². The summed E-state index contributed by atoms with van der Waals surface area (Å²) in [5.41, 5.74) is 10.3. The molecule has 0 saturated heterocycles. The fourth-order valence-corrected chi connectivity index (χ4v) is 2.61. The Hall–Kier alpha value is -3.27. The van der Waals surface area contributed by atoms with Crippen LogP contribution in [0.15, 0.2) is 73.1 Å². The van der Waals surface area contributed by atoms with Gasteiger partial charge in [-0.05, 0) is 12.1 Å². The smallest absolute Gasteiger partial charge is 0.142 e. The van der Waals surface area contributed by atoms with E-state index in [4.69, 9.17) is 5.73 Å². The Morgan fingerprint density at radius 2 is 1.48 bits per heavy atom. The van der Waals surface area contributed by atoms with E-state index < -0.39 is 0 Å². The Morgan fingerprint density at radius 1 is 0.696 bits per heavy atom. The molecule has 0 fully saturated rings. The molecule has 0 spiro atoms. The fraction of sp³-hybridized carbons (Fsp3) is 0. The molecule has 0 aliphatic carbocycles. The van der Waals surface area contributed by atoms with Crippen LogP contribution in [-0.2, 0) is 0 Å². The molecule has 0 atom stereocenters. The van der Waals surface area contributed by atoms with Crippen LogP contribution in [0.2, 0.25) is 0 Å². The van der Waals surface area contributed by atoms with Gasteiger partial charge in [0, 0.05) is 22.7 Å². The molecule has 4 rings (SSSR count). The highest BCUT2D eigenvalue weighted by Gasteiger charge is 2.12. The average Bonchev–Trinajstić information content (AvgIpc) is 2.62. The monoisotopic (exact) mass is 298 g/mol. The number of hydrogen-bond donors (Lipinski definition) is 1. The molecule has 0 amide bonds. The van der Waals surface area contributed by atoms with Gasteiger partial charge >= 0.3 is 0 Å². The first kappa shape index (κ1) is 13.4. The fourth-order valence-electron chi connectivity index (χ4n) is 2.61. The highest BCUT2D eigenvalue weighted by Crippen LogP contribution is 2.30. The van der Waals surface area contributed by atoms with Gasteiger partial charge in [0.1, 0.15) is 5.82 Å². The zero-order valence-corrected chi connectivity index (χ0v) is 12.3. The molecule has 2 heterocycles. The third kappa shape index (κ3) is 2.51. The van der Waals surface area contributed by atoms with Crippen molar-refractivity contribution in [1.82, 2.24) is 15.0 Å². The summed E-state index contributed by atoms with van der Waals surface area (Å²) >= 11 is 0. The maximum atomic E-state index is 5.84. The molecule has 0 saturated carbocycles. The standard InChI is InChI=1S/C19H14N4/c20-17-12-22-18(19(23-17)13-6-2-1-3-7-13)15-10-14-8-4-5-9-16(14)21-11-15/h1-12H,(H2,20,23). The maximum Gasteiger partial charge on any atom is 0.142 e. The third-order valence-electron chi connectivity index (χ3n) is 3.70. The first-order chi connectivity index (χ1) is 11.3. The van der Waals surface area contributed by atoms with E-state index >= 15 is 0 Å². The van der Waals surface area contributed by atoms with E-state index in [1.807, 2.05) is 60.8 Å². The molecule has 110 valence electrons. The van der Waals surface area contributed by atoms with Gasteiger partial charge in [-0.2, -0.15) is 0 Å². The minimum Gasteiger partial charge on any atom is -0.382 e.